The number of rotatable bonds is 4. The molecule has 0 atom stereocenters. The van der Waals surface area contributed by atoms with Crippen molar-refractivity contribution in [2.75, 3.05) is 7.11 Å². The molecule has 0 saturated heterocycles. The highest BCUT2D eigenvalue weighted by molar-refractivity contribution is 9.10. The molecule has 0 heterocycles. The van der Waals surface area contributed by atoms with Crippen LogP contribution in [0.4, 0.5) is 0 Å². The van der Waals surface area contributed by atoms with E-state index in [9.17, 15) is 4.79 Å². The molecule has 0 bridgehead atoms. The van der Waals surface area contributed by atoms with E-state index in [2.05, 4.69) is 15.9 Å². The van der Waals surface area contributed by atoms with Gasteiger partial charge in [0.1, 0.15) is 5.75 Å². The first-order valence-corrected chi connectivity index (χ1v) is 7.34. The highest BCUT2D eigenvalue weighted by Gasteiger charge is 2.15. The molecule has 0 saturated carbocycles. The molecule has 2 nitrogen and oxygen atoms in total. The number of halogens is 1. The van der Waals surface area contributed by atoms with E-state index in [0.29, 0.717) is 11.3 Å². The van der Waals surface area contributed by atoms with Crippen LogP contribution in [-0.4, -0.2) is 12.9 Å². The number of methoxy groups -OCH3 is 1. The number of Topliss-reactive ketones (excluding diaryl/α,β-unsaturated/α-hetero) is 1. The van der Waals surface area contributed by atoms with E-state index in [1.807, 2.05) is 36.4 Å². The lowest BCUT2D eigenvalue weighted by molar-refractivity contribution is 0.101. The number of ketones is 1. The number of carbonyl (C=O) groups is 1. The number of ether oxygens (including phenoxy) is 1. The molecule has 2 aromatic carbocycles. The average molecular weight is 337 g/mol. The van der Waals surface area contributed by atoms with E-state index in [0.717, 1.165) is 14.3 Å². The van der Waals surface area contributed by atoms with Crippen molar-refractivity contribution in [3.63, 3.8) is 0 Å². The summed E-state index contributed by atoms with van der Waals surface area (Å²) in [6.45, 7) is 1.56. The molecule has 0 fully saturated rings. The summed E-state index contributed by atoms with van der Waals surface area (Å²) in [5, 5.41) is 0. The molecule has 2 rings (SSSR count). The number of carbonyl (C=O) groups excluding carboxylic acids is 1. The van der Waals surface area contributed by atoms with Gasteiger partial charge in [0.15, 0.2) is 5.78 Å². The Labute approximate surface area is 125 Å². The van der Waals surface area contributed by atoms with Gasteiger partial charge in [-0.1, -0.05) is 30.0 Å². The summed E-state index contributed by atoms with van der Waals surface area (Å²) in [4.78, 5) is 13.8. The summed E-state index contributed by atoms with van der Waals surface area (Å²) >= 11 is 5.06. The predicted molar refractivity (Wildman–Crippen MR) is 81.3 cm³/mol. The summed E-state index contributed by atoms with van der Waals surface area (Å²) in [5.41, 5.74) is 0.630. The first-order valence-electron chi connectivity index (χ1n) is 5.74. The fraction of sp³-hybridized carbons (Fsp3) is 0.133. The summed E-state index contributed by atoms with van der Waals surface area (Å²) in [6, 6.07) is 13.6. The van der Waals surface area contributed by atoms with E-state index in [1.165, 1.54) is 0 Å². The molecule has 0 aliphatic heterocycles. The fourth-order valence-electron chi connectivity index (χ4n) is 1.76. The molecule has 0 N–H and O–H groups in total. The van der Waals surface area contributed by atoms with Crippen LogP contribution in [0.25, 0.3) is 0 Å². The van der Waals surface area contributed by atoms with E-state index in [4.69, 9.17) is 4.74 Å². The Morgan fingerprint density at radius 1 is 1.11 bits per heavy atom. The molecule has 0 unspecified atom stereocenters. The fourth-order valence-corrected chi connectivity index (χ4v) is 3.33. The Balaban J connectivity index is 2.46. The zero-order chi connectivity index (χ0) is 13.8. The maximum atomic E-state index is 11.8. The Bertz CT molecular complexity index is 611. The van der Waals surface area contributed by atoms with E-state index in [-0.39, 0.29) is 5.78 Å². The van der Waals surface area contributed by atoms with Gasteiger partial charge in [0.2, 0.25) is 0 Å². The quantitative estimate of drug-likeness (QED) is 0.749. The van der Waals surface area contributed by atoms with Crippen LogP contribution in [0.15, 0.2) is 56.7 Å². The standard InChI is InChI=1S/C15H13BrO2S/c1-10(17)15-12(18-2)7-5-9-14(15)19-13-8-4-3-6-11(13)16/h3-9H,1-2H3. The van der Waals surface area contributed by atoms with E-state index < -0.39 is 0 Å². The second-order valence-corrected chi connectivity index (χ2v) is 5.86. The van der Waals surface area contributed by atoms with Crippen molar-refractivity contribution in [3.8, 4) is 5.75 Å². The SMILES string of the molecule is COc1cccc(Sc2ccccc2Br)c1C(C)=O. The van der Waals surface area contributed by atoms with Gasteiger partial charge in [0.05, 0.1) is 12.7 Å². The molecule has 0 spiro atoms. The normalized spacial score (nSPS) is 10.3. The molecule has 0 radical (unpaired) electrons. The monoisotopic (exact) mass is 336 g/mol. The number of benzene rings is 2. The summed E-state index contributed by atoms with van der Waals surface area (Å²) in [5.74, 6) is 0.622. The van der Waals surface area contributed by atoms with Crippen LogP contribution >= 0.6 is 27.7 Å². The van der Waals surface area contributed by atoms with Crippen LogP contribution in [0.5, 0.6) is 5.75 Å². The largest absolute Gasteiger partial charge is 0.496 e. The Morgan fingerprint density at radius 2 is 1.79 bits per heavy atom. The van der Waals surface area contributed by atoms with Gasteiger partial charge < -0.3 is 4.74 Å². The van der Waals surface area contributed by atoms with Gasteiger partial charge in [-0.25, -0.2) is 0 Å². The maximum absolute atomic E-state index is 11.8. The van der Waals surface area contributed by atoms with Crippen LogP contribution in [0.1, 0.15) is 17.3 Å². The first-order chi connectivity index (χ1) is 9.13. The van der Waals surface area contributed by atoms with Crippen molar-refractivity contribution in [2.45, 2.75) is 16.7 Å². The molecule has 0 aliphatic carbocycles. The van der Waals surface area contributed by atoms with Crippen LogP contribution in [0, 0.1) is 0 Å². The Hall–Kier alpha value is -1.26. The van der Waals surface area contributed by atoms with E-state index >= 15 is 0 Å². The van der Waals surface area contributed by atoms with Crippen molar-refractivity contribution < 1.29 is 9.53 Å². The smallest absolute Gasteiger partial charge is 0.164 e. The van der Waals surface area contributed by atoms with Gasteiger partial charge in [-0.3, -0.25) is 4.79 Å². The van der Waals surface area contributed by atoms with Crippen LogP contribution in [0.3, 0.4) is 0 Å². The predicted octanol–water partition coefficient (Wildman–Crippen LogP) is 4.81. The third-order valence-corrected chi connectivity index (χ3v) is 4.71. The lowest BCUT2D eigenvalue weighted by Crippen LogP contribution is -1.99. The Kier molecular flexibility index (Phi) is 4.66. The van der Waals surface area contributed by atoms with Gasteiger partial charge in [-0.15, -0.1) is 0 Å². The van der Waals surface area contributed by atoms with Crippen molar-refractivity contribution in [3.05, 3.63) is 52.5 Å². The lowest BCUT2D eigenvalue weighted by Gasteiger charge is -2.11. The summed E-state index contributed by atoms with van der Waals surface area (Å²) in [7, 11) is 1.58. The minimum atomic E-state index is 0.00648. The Morgan fingerprint density at radius 3 is 2.42 bits per heavy atom. The van der Waals surface area contributed by atoms with E-state index in [1.54, 1.807) is 31.9 Å². The zero-order valence-electron chi connectivity index (χ0n) is 10.6. The highest BCUT2D eigenvalue weighted by Crippen LogP contribution is 2.38. The minimum Gasteiger partial charge on any atom is -0.496 e. The molecule has 0 aromatic heterocycles. The van der Waals surface area contributed by atoms with Gasteiger partial charge >= 0.3 is 0 Å². The summed E-state index contributed by atoms with van der Waals surface area (Å²) in [6.07, 6.45) is 0. The molecule has 0 aliphatic rings. The maximum Gasteiger partial charge on any atom is 0.164 e. The summed E-state index contributed by atoms with van der Waals surface area (Å²) < 4.78 is 6.28. The van der Waals surface area contributed by atoms with Crippen molar-refractivity contribution >= 4 is 33.5 Å². The van der Waals surface area contributed by atoms with Gasteiger partial charge in [-0.2, -0.15) is 0 Å². The lowest BCUT2D eigenvalue weighted by atomic mass is 10.1. The van der Waals surface area contributed by atoms with Crippen molar-refractivity contribution in [2.24, 2.45) is 0 Å². The third-order valence-electron chi connectivity index (χ3n) is 2.62. The molecular formula is C15H13BrO2S. The van der Waals surface area contributed by atoms with Gasteiger partial charge in [0.25, 0.3) is 0 Å². The second-order valence-electron chi connectivity index (χ2n) is 3.92. The van der Waals surface area contributed by atoms with Gasteiger partial charge in [0, 0.05) is 14.3 Å². The van der Waals surface area contributed by atoms with Crippen LogP contribution in [0.2, 0.25) is 0 Å². The second kappa shape index (κ2) is 6.26. The third kappa shape index (κ3) is 3.19. The first kappa shape index (κ1) is 14.2. The molecule has 19 heavy (non-hydrogen) atoms. The molecule has 98 valence electrons. The minimum absolute atomic E-state index is 0.00648. The average Bonchev–Trinajstić information content (AvgIpc) is 2.40. The number of hydrogen-bond acceptors (Lipinski definition) is 3. The van der Waals surface area contributed by atoms with Gasteiger partial charge in [-0.05, 0) is 47.1 Å². The molecule has 4 heteroatoms. The van der Waals surface area contributed by atoms with Crippen molar-refractivity contribution in [1.29, 1.82) is 0 Å². The topological polar surface area (TPSA) is 26.3 Å². The molecule has 2 aromatic rings. The van der Waals surface area contributed by atoms with Crippen molar-refractivity contribution in [1.82, 2.24) is 0 Å². The molecule has 0 amide bonds. The zero-order valence-corrected chi connectivity index (χ0v) is 13.0. The van der Waals surface area contributed by atoms with Crippen LogP contribution in [-0.2, 0) is 0 Å². The molecular weight excluding hydrogens is 324 g/mol. The number of hydrogen-bond donors (Lipinski definition) is 0. The highest BCUT2D eigenvalue weighted by atomic mass is 79.9. The van der Waals surface area contributed by atoms with Crippen LogP contribution < -0.4 is 4.74 Å².